The zero-order chi connectivity index (χ0) is 14.0. The van der Waals surface area contributed by atoms with Gasteiger partial charge in [-0.3, -0.25) is 4.79 Å². The highest BCUT2D eigenvalue weighted by molar-refractivity contribution is 6.42. The van der Waals surface area contributed by atoms with Crippen LogP contribution in [0.2, 0.25) is 10.0 Å². The first-order chi connectivity index (χ1) is 9.00. The smallest absolute Gasteiger partial charge is 0.223 e. The van der Waals surface area contributed by atoms with Crippen molar-refractivity contribution in [2.24, 2.45) is 5.92 Å². The predicted octanol–water partition coefficient (Wildman–Crippen LogP) is 2.98. The van der Waals surface area contributed by atoms with Crippen LogP contribution in [-0.2, 0) is 4.79 Å². The van der Waals surface area contributed by atoms with E-state index in [-0.39, 0.29) is 17.7 Å². The second kappa shape index (κ2) is 6.12. The van der Waals surface area contributed by atoms with E-state index in [0.717, 1.165) is 12.0 Å². The van der Waals surface area contributed by atoms with Crippen LogP contribution in [-0.4, -0.2) is 23.7 Å². The minimum atomic E-state index is -0.391. The molecule has 3 atom stereocenters. The Kier molecular flexibility index (Phi) is 4.71. The molecule has 1 aromatic rings. The summed E-state index contributed by atoms with van der Waals surface area (Å²) in [7, 11) is 0. The molecular formula is C14H17Cl2NO2. The lowest BCUT2D eigenvalue weighted by molar-refractivity contribution is -0.122. The highest BCUT2D eigenvalue weighted by Gasteiger charge is 2.44. The van der Waals surface area contributed by atoms with E-state index in [1.54, 1.807) is 13.0 Å². The molecule has 3 nitrogen and oxygen atoms in total. The van der Waals surface area contributed by atoms with Crippen molar-refractivity contribution in [1.82, 2.24) is 5.32 Å². The van der Waals surface area contributed by atoms with Crippen molar-refractivity contribution >= 4 is 29.1 Å². The van der Waals surface area contributed by atoms with Crippen molar-refractivity contribution in [3.63, 3.8) is 0 Å². The minimum Gasteiger partial charge on any atom is -0.393 e. The van der Waals surface area contributed by atoms with Gasteiger partial charge in [0.15, 0.2) is 0 Å². The van der Waals surface area contributed by atoms with Crippen molar-refractivity contribution in [3.05, 3.63) is 33.8 Å². The first-order valence-electron chi connectivity index (χ1n) is 6.40. The second-order valence-electron chi connectivity index (χ2n) is 5.02. The average molecular weight is 302 g/mol. The van der Waals surface area contributed by atoms with Crippen LogP contribution in [0.15, 0.2) is 18.2 Å². The van der Waals surface area contributed by atoms with Gasteiger partial charge in [-0.15, -0.1) is 0 Å². The number of hydrogen-bond donors (Lipinski definition) is 2. The normalized spacial score (nSPS) is 22.9. The number of nitrogens with one attached hydrogen (secondary N) is 1. The van der Waals surface area contributed by atoms with Crippen molar-refractivity contribution in [3.8, 4) is 0 Å². The Labute approximate surface area is 122 Å². The fourth-order valence-corrected chi connectivity index (χ4v) is 2.62. The molecule has 3 unspecified atom stereocenters. The predicted molar refractivity (Wildman–Crippen MR) is 76.6 cm³/mol. The molecule has 0 bridgehead atoms. The highest BCUT2D eigenvalue weighted by atomic mass is 35.5. The summed E-state index contributed by atoms with van der Waals surface area (Å²) < 4.78 is 0. The highest BCUT2D eigenvalue weighted by Crippen LogP contribution is 2.50. The molecular weight excluding hydrogens is 285 g/mol. The summed E-state index contributed by atoms with van der Waals surface area (Å²) in [5.74, 6) is 0.171. The van der Waals surface area contributed by atoms with Crippen LogP contribution >= 0.6 is 23.2 Å². The molecule has 19 heavy (non-hydrogen) atoms. The van der Waals surface area contributed by atoms with E-state index in [4.69, 9.17) is 28.3 Å². The van der Waals surface area contributed by atoms with Crippen molar-refractivity contribution < 1.29 is 9.90 Å². The molecule has 0 aromatic heterocycles. The number of hydrogen-bond acceptors (Lipinski definition) is 2. The molecule has 0 heterocycles. The molecule has 1 aromatic carbocycles. The van der Waals surface area contributed by atoms with Crippen LogP contribution in [0.5, 0.6) is 0 Å². The maximum Gasteiger partial charge on any atom is 0.223 e. The summed E-state index contributed by atoms with van der Waals surface area (Å²) in [6, 6.07) is 5.51. The van der Waals surface area contributed by atoms with Gasteiger partial charge in [0.2, 0.25) is 5.91 Å². The molecule has 0 aliphatic heterocycles. The third kappa shape index (κ3) is 3.62. The van der Waals surface area contributed by atoms with Gasteiger partial charge in [0, 0.05) is 12.5 Å². The molecule has 1 aliphatic rings. The zero-order valence-corrected chi connectivity index (χ0v) is 12.2. The number of benzene rings is 1. The van der Waals surface area contributed by atoms with Gasteiger partial charge in [-0.2, -0.15) is 0 Å². The van der Waals surface area contributed by atoms with Crippen LogP contribution in [0.4, 0.5) is 0 Å². The van der Waals surface area contributed by atoms with Crippen LogP contribution < -0.4 is 5.32 Å². The quantitative estimate of drug-likeness (QED) is 0.878. The number of aliphatic hydroxyl groups excluding tert-OH is 1. The van der Waals surface area contributed by atoms with Crippen LogP contribution in [0, 0.1) is 5.92 Å². The average Bonchev–Trinajstić information content (AvgIpc) is 3.12. The Morgan fingerprint density at radius 3 is 2.95 bits per heavy atom. The molecule has 2 N–H and O–H groups in total. The number of amides is 1. The van der Waals surface area contributed by atoms with Gasteiger partial charge in [0.25, 0.3) is 0 Å². The van der Waals surface area contributed by atoms with Crippen LogP contribution in [0.1, 0.15) is 31.2 Å². The van der Waals surface area contributed by atoms with Crippen molar-refractivity contribution in [2.75, 3.05) is 6.54 Å². The second-order valence-corrected chi connectivity index (χ2v) is 5.81. The number of carbonyl (C=O) groups is 1. The molecule has 1 aliphatic carbocycles. The van der Waals surface area contributed by atoms with Gasteiger partial charge in [-0.1, -0.05) is 35.3 Å². The van der Waals surface area contributed by atoms with Gasteiger partial charge in [0.1, 0.15) is 0 Å². The third-order valence-corrected chi connectivity index (χ3v) is 4.20. The standard InChI is InChI=1S/C14H17Cl2NO2/c1-8(18)5-6-17-14(19)11-7-10(11)9-3-2-4-12(15)13(9)16/h2-4,8,10-11,18H,5-7H2,1H3,(H,17,19). The maximum absolute atomic E-state index is 11.9. The number of carbonyl (C=O) groups excluding carboxylic acids is 1. The van der Waals surface area contributed by atoms with Crippen LogP contribution in [0.3, 0.4) is 0 Å². The molecule has 2 rings (SSSR count). The molecule has 0 spiro atoms. The molecule has 0 saturated heterocycles. The van der Waals surface area contributed by atoms with E-state index in [0.29, 0.717) is 23.0 Å². The zero-order valence-electron chi connectivity index (χ0n) is 10.7. The third-order valence-electron chi connectivity index (χ3n) is 3.37. The van der Waals surface area contributed by atoms with E-state index in [9.17, 15) is 4.79 Å². The largest absolute Gasteiger partial charge is 0.393 e. The Hall–Kier alpha value is -0.770. The lowest BCUT2D eigenvalue weighted by Crippen LogP contribution is -2.28. The first-order valence-corrected chi connectivity index (χ1v) is 7.16. The summed E-state index contributed by atoms with van der Waals surface area (Å²) >= 11 is 12.1. The maximum atomic E-state index is 11.9. The Bertz CT molecular complexity index is 477. The summed E-state index contributed by atoms with van der Waals surface area (Å²) in [5.41, 5.74) is 0.949. The number of halogens is 2. The minimum absolute atomic E-state index is 0.0232. The molecule has 1 amide bonds. The van der Waals surface area contributed by atoms with E-state index in [2.05, 4.69) is 5.32 Å². The summed E-state index contributed by atoms with van der Waals surface area (Å²) in [5, 5.41) is 13.0. The van der Waals surface area contributed by atoms with Gasteiger partial charge < -0.3 is 10.4 Å². The molecule has 104 valence electrons. The van der Waals surface area contributed by atoms with Crippen molar-refractivity contribution in [2.45, 2.75) is 31.8 Å². The van der Waals surface area contributed by atoms with Gasteiger partial charge >= 0.3 is 0 Å². The lowest BCUT2D eigenvalue weighted by atomic mass is 10.1. The summed E-state index contributed by atoms with van der Waals surface area (Å²) in [6.07, 6.45) is 0.986. The number of aliphatic hydroxyl groups is 1. The van der Waals surface area contributed by atoms with E-state index in [1.165, 1.54) is 0 Å². The Balaban J connectivity index is 1.90. The van der Waals surface area contributed by atoms with Gasteiger partial charge in [-0.05, 0) is 37.3 Å². The summed E-state index contributed by atoms with van der Waals surface area (Å²) in [6.45, 7) is 2.21. The fraction of sp³-hybridized carbons (Fsp3) is 0.500. The molecule has 1 fully saturated rings. The van der Waals surface area contributed by atoms with Gasteiger partial charge in [0.05, 0.1) is 16.1 Å². The fourth-order valence-electron chi connectivity index (χ4n) is 2.17. The van der Waals surface area contributed by atoms with E-state index >= 15 is 0 Å². The Morgan fingerprint density at radius 2 is 2.26 bits per heavy atom. The monoisotopic (exact) mass is 301 g/mol. The van der Waals surface area contributed by atoms with E-state index < -0.39 is 6.10 Å². The molecule has 0 radical (unpaired) electrons. The molecule has 5 heteroatoms. The Morgan fingerprint density at radius 1 is 1.53 bits per heavy atom. The van der Waals surface area contributed by atoms with Gasteiger partial charge in [-0.25, -0.2) is 0 Å². The summed E-state index contributed by atoms with van der Waals surface area (Å²) in [4.78, 5) is 11.9. The van der Waals surface area contributed by atoms with Crippen molar-refractivity contribution in [1.29, 1.82) is 0 Å². The first kappa shape index (κ1) is 14.6. The molecule has 1 saturated carbocycles. The lowest BCUT2D eigenvalue weighted by Gasteiger charge is -2.07. The van der Waals surface area contributed by atoms with E-state index in [1.807, 2.05) is 12.1 Å². The topological polar surface area (TPSA) is 49.3 Å². The van der Waals surface area contributed by atoms with Crippen LogP contribution in [0.25, 0.3) is 0 Å². The SMILES string of the molecule is CC(O)CCNC(=O)C1CC1c1cccc(Cl)c1Cl. The number of rotatable bonds is 5.